The molecule has 4 aliphatic heterocycles. The van der Waals surface area contributed by atoms with Crippen LogP contribution in [0.1, 0.15) is 106 Å². The Bertz CT molecular complexity index is 2260. The minimum absolute atomic E-state index is 0.0265. The Balaban J connectivity index is 1.36. The fraction of sp³-hybridized carbons (Fsp3) is 0.533. The molecule has 312 valence electrons. The van der Waals surface area contributed by atoms with Gasteiger partial charge in [0.15, 0.2) is 11.6 Å². The van der Waals surface area contributed by atoms with Gasteiger partial charge in [0.05, 0.1) is 19.8 Å². The number of carbonyl (C=O) groups excluding carboxylic acids is 1. The van der Waals surface area contributed by atoms with E-state index in [1.54, 1.807) is 0 Å². The number of aryl methyl sites for hydroxylation is 2. The van der Waals surface area contributed by atoms with Gasteiger partial charge in [0.2, 0.25) is 5.36 Å². The lowest BCUT2D eigenvalue weighted by Crippen LogP contribution is -2.67. The number of nitrogens with zero attached hydrogens (tertiary/aromatic N) is 2. The number of anilines is 1. The Kier molecular flexibility index (Phi) is 13.1. The number of aromatic carboxylic acids is 1. The monoisotopic (exact) mass is 838 g/mol. The minimum atomic E-state index is -2.66. The molecular weight excluding hydrogens is 783 g/mol. The first-order valence-electron chi connectivity index (χ1n) is 21.1. The second kappa shape index (κ2) is 17.9. The van der Waals surface area contributed by atoms with Crippen LogP contribution in [-0.2, 0) is 35.2 Å². The Labute approximate surface area is 345 Å². The van der Waals surface area contributed by atoms with Gasteiger partial charge in [-0.05, 0) is 101 Å². The van der Waals surface area contributed by atoms with Gasteiger partial charge in [0.25, 0.3) is 5.91 Å². The third kappa shape index (κ3) is 7.63. The smallest absolute Gasteiger partial charge is 0.339 e. The average Bonchev–Trinajstić information content (AvgIpc) is 3.19. The molecule has 4 aliphatic rings. The molecule has 0 saturated carbocycles. The molecule has 0 aromatic heterocycles. The second-order valence-electron chi connectivity index (χ2n) is 16.6. The first-order valence-corrected chi connectivity index (χ1v) is 24.6. The van der Waals surface area contributed by atoms with Gasteiger partial charge in [-0.1, -0.05) is 32.9 Å². The number of fused-ring (bicyclic) bond motifs is 5. The van der Waals surface area contributed by atoms with Crippen molar-refractivity contribution >= 4 is 53.2 Å². The third-order valence-electron chi connectivity index (χ3n) is 12.6. The van der Waals surface area contributed by atoms with Gasteiger partial charge in [0.1, 0.15) is 38.6 Å². The number of alkyl halides is 1. The van der Waals surface area contributed by atoms with Crippen molar-refractivity contribution in [1.29, 1.82) is 0 Å². The summed E-state index contributed by atoms with van der Waals surface area (Å²) in [6.07, 6.45) is 9.85. The van der Waals surface area contributed by atoms with Crippen molar-refractivity contribution in [1.82, 2.24) is 9.89 Å². The maximum absolute atomic E-state index is 17.6. The number of hydrogen-bond donors (Lipinski definition) is 2. The molecule has 58 heavy (non-hydrogen) atoms. The van der Waals surface area contributed by atoms with Crippen molar-refractivity contribution in [2.45, 2.75) is 90.6 Å². The van der Waals surface area contributed by atoms with Crippen molar-refractivity contribution < 1.29 is 37.3 Å². The number of carbonyl (C=O) groups is 2. The van der Waals surface area contributed by atoms with Crippen LogP contribution in [0, 0.1) is 17.5 Å². The third-order valence-corrected chi connectivity index (χ3v) is 16.5. The summed E-state index contributed by atoms with van der Waals surface area (Å²) in [6, 6.07) is 4.11. The molecule has 8 nitrogen and oxygen atoms in total. The van der Waals surface area contributed by atoms with Crippen LogP contribution in [-0.4, -0.2) is 90.6 Å². The van der Waals surface area contributed by atoms with E-state index in [1.165, 1.54) is 16.8 Å². The maximum atomic E-state index is 17.6. The van der Waals surface area contributed by atoms with Gasteiger partial charge in [-0.25, -0.2) is 22.5 Å². The molecule has 0 saturated heterocycles. The fourth-order valence-electron chi connectivity index (χ4n) is 10.2. The fourth-order valence-corrected chi connectivity index (χ4v) is 14.4. The number of benzene rings is 3. The van der Waals surface area contributed by atoms with Crippen LogP contribution in [0.4, 0.5) is 18.9 Å². The van der Waals surface area contributed by atoms with Crippen LogP contribution in [0.15, 0.2) is 12.1 Å². The normalized spacial score (nSPS) is 16.4. The van der Waals surface area contributed by atoms with Crippen LogP contribution < -0.4 is 35.7 Å². The standard InChI is InChI=1S/C45H55ClF3N3O5Si/c1-5-27-25-31-33(34-35(45(54)55)38(48)39(49)36(37(34)47)44(53)50-17-22-57-24-23-56-21-9-7-6-8-16-46)32-26-28-13-10-19-52-20-12-15-30(41(28)52)43(32)58(3,4)42(31)29-14-11-18-51(2)40(27)29/h25-26H,5-24H2,1-4H3,(H-,50,53,54,55)/p+1. The van der Waals surface area contributed by atoms with E-state index in [0.29, 0.717) is 36.3 Å². The van der Waals surface area contributed by atoms with E-state index in [4.69, 9.17) is 21.1 Å². The Morgan fingerprint density at radius 3 is 2.29 bits per heavy atom. The average molecular weight is 839 g/mol. The molecule has 3 aromatic carbocycles. The van der Waals surface area contributed by atoms with Crippen molar-refractivity contribution in [3.05, 3.63) is 84.7 Å². The van der Waals surface area contributed by atoms with Crippen molar-refractivity contribution in [3.63, 3.8) is 0 Å². The Morgan fingerprint density at radius 2 is 1.57 bits per heavy atom. The number of halogens is 4. The van der Waals surface area contributed by atoms with Crippen LogP contribution >= 0.6 is 11.6 Å². The molecule has 2 N–H and O–H groups in total. The van der Waals surface area contributed by atoms with E-state index in [9.17, 15) is 14.7 Å². The highest BCUT2D eigenvalue weighted by atomic mass is 35.5. The number of nitrogens with one attached hydrogen (secondary N) is 1. The first kappa shape index (κ1) is 42.4. The van der Waals surface area contributed by atoms with E-state index < -0.39 is 54.1 Å². The van der Waals surface area contributed by atoms with E-state index in [2.05, 4.69) is 47.9 Å². The van der Waals surface area contributed by atoms with Crippen molar-refractivity contribution in [3.8, 4) is 0 Å². The number of carboxylic acids is 1. The van der Waals surface area contributed by atoms with Crippen LogP contribution in [0.25, 0.3) is 5.57 Å². The predicted octanol–water partition coefficient (Wildman–Crippen LogP) is 5.08. The topological polar surface area (TPSA) is 91.1 Å². The zero-order valence-corrected chi connectivity index (χ0v) is 36.0. The highest BCUT2D eigenvalue weighted by Crippen LogP contribution is 2.41. The van der Waals surface area contributed by atoms with Gasteiger partial charge in [-0.2, -0.15) is 0 Å². The maximum Gasteiger partial charge on any atom is 0.339 e. The molecule has 0 unspecified atom stereocenters. The molecule has 0 spiro atoms. The van der Waals surface area contributed by atoms with Gasteiger partial charge in [-0.3, -0.25) is 4.79 Å². The van der Waals surface area contributed by atoms with Gasteiger partial charge < -0.3 is 24.8 Å². The summed E-state index contributed by atoms with van der Waals surface area (Å²) in [4.78, 5) is 29.2. The molecule has 13 heteroatoms. The molecule has 7 rings (SSSR count). The zero-order chi connectivity index (χ0) is 41.3. The van der Waals surface area contributed by atoms with Gasteiger partial charge >= 0.3 is 5.97 Å². The molecule has 0 radical (unpaired) electrons. The number of unbranched alkanes of at least 4 members (excludes halogenated alkanes) is 3. The molecule has 3 aromatic rings. The summed E-state index contributed by atoms with van der Waals surface area (Å²) in [7, 11) is -0.566. The number of ether oxygens (including phenoxy) is 2. The summed E-state index contributed by atoms with van der Waals surface area (Å²) in [6.45, 7) is 10.6. The quantitative estimate of drug-likeness (QED) is 0.0689. The van der Waals surface area contributed by atoms with Crippen molar-refractivity contribution in [2.75, 3.05) is 70.4 Å². The lowest BCUT2D eigenvalue weighted by atomic mass is 9.83. The van der Waals surface area contributed by atoms with E-state index >= 15 is 13.2 Å². The number of rotatable bonds is 16. The Hall–Kier alpha value is -3.71. The summed E-state index contributed by atoms with van der Waals surface area (Å²) in [5, 5.41) is 17.1. The largest absolute Gasteiger partial charge is 0.478 e. The molecule has 0 fully saturated rings. The SMILES string of the molecule is CCc1cc2c(c3c1=[N+](C)CCC3)[Si](C)(C)c1c(cc3c4c1CCCN4CCC3)C=2c1c(F)c(C(=O)NCCOCCOCCCCCCCl)c(F)c(F)c1C(=O)O. The highest BCUT2D eigenvalue weighted by molar-refractivity contribution is 7.02. The van der Waals surface area contributed by atoms with Crippen LogP contribution in [0.5, 0.6) is 0 Å². The number of amides is 1. The lowest BCUT2D eigenvalue weighted by molar-refractivity contribution is 0.0468. The lowest BCUT2D eigenvalue weighted by Gasteiger charge is -2.43. The molecule has 0 aliphatic carbocycles. The molecule has 4 heterocycles. The van der Waals surface area contributed by atoms with Gasteiger partial charge in [0, 0.05) is 60.9 Å². The second-order valence-corrected chi connectivity index (χ2v) is 21.2. The van der Waals surface area contributed by atoms with Crippen molar-refractivity contribution in [2.24, 2.45) is 0 Å². The molecule has 1 amide bonds. The summed E-state index contributed by atoms with van der Waals surface area (Å²) >= 11 is 5.72. The predicted molar refractivity (Wildman–Crippen MR) is 226 cm³/mol. The Morgan fingerprint density at radius 1 is 0.879 bits per heavy atom. The number of carboxylic acid groups (broad SMARTS) is 1. The zero-order valence-electron chi connectivity index (χ0n) is 34.3. The van der Waals surface area contributed by atoms with Crippen LogP contribution in [0.2, 0.25) is 13.1 Å². The van der Waals surface area contributed by atoms with E-state index in [1.807, 2.05) is 6.07 Å². The summed E-state index contributed by atoms with van der Waals surface area (Å²) < 4.78 is 63.4. The minimum Gasteiger partial charge on any atom is -0.478 e. The highest BCUT2D eigenvalue weighted by Gasteiger charge is 2.45. The molecule has 0 bridgehead atoms. The molecular formula is C45H56ClF3N3O5Si+. The summed E-state index contributed by atoms with van der Waals surface area (Å²) in [5.41, 5.74) is 3.81. The van der Waals surface area contributed by atoms with Gasteiger partial charge in [-0.15, -0.1) is 11.6 Å². The summed E-state index contributed by atoms with van der Waals surface area (Å²) in [5.74, 6) is -7.32. The first-order chi connectivity index (χ1) is 27.9. The van der Waals surface area contributed by atoms with E-state index in [0.717, 1.165) is 111 Å². The van der Waals surface area contributed by atoms with Crippen LogP contribution in [0.3, 0.4) is 0 Å². The molecule has 0 atom stereocenters. The van der Waals surface area contributed by atoms with E-state index in [-0.39, 0.29) is 25.3 Å². The number of hydrogen-bond acceptors (Lipinski definition) is 5.